The number of rotatable bonds is 8. The minimum absolute atomic E-state index is 0.0130. The summed E-state index contributed by atoms with van der Waals surface area (Å²) in [5.74, 6) is -0.0750. The number of likely N-dealkylation sites (tertiary alicyclic amines) is 1. The van der Waals surface area contributed by atoms with E-state index in [4.69, 9.17) is 15.3 Å². The molecule has 0 bridgehead atoms. The normalized spacial score (nSPS) is 19.9. The van der Waals surface area contributed by atoms with Crippen molar-refractivity contribution in [2.45, 2.75) is 69.6 Å². The Balaban J connectivity index is 1.17. The van der Waals surface area contributed by atoms with E-state index in [2.05, 4.69) is 10.6 Å². The summed E-state index contributed by atoms with van der Waals surface area (Å²) in [7, 11) is 0. The van der Waals surface area contributed by atoms with Gasteiger partial charge in [-0.2, -0.15) is 23.7 Å². The van der Waals surface area contributed by atoms with Gasteiger partial charge in [0, 0.05) is 42.1 Å². The third kappa shape index (κ3) is 7.42. The Morgan fingerprint density at radius 1 is 0.900 bits per heavy atom. The van der Waals surface area contributed by atoms with E-state index in [1.54, 1.807) is 29.2 Å². The SMILES string of the molecule is N#Cc1ccc(NC2CCN(C(=O)COC3CCC(Nc4ccc(C#N)c(C(F)(F)F)c4)CC3)CC2)cc1CF. The summed E-state index contributed by atoms with van der Waals surface area (Å²) in [5.41, 5.74) is 0.404. The summed E-state index contributed by atoms with van der Waals surface area (Å²) in [6.07, 6.45) is -0.465. The number of nitrogens with one attached hydrogen (secondary N) is 2. The minimum atomic E-state index is -4.60. The van der Waals surface area contributed by atoms with Crippen LogP contribution in [0.1, 0.15) is 60.8 Å². The van der Waals surface area contributed by atoms with Gasteiger partial charge in [0.05, 0.1) is 34.9 Å². The second-order valence-electron chi connectivity index (χ2n) is 10.2. The number of hydrogen-bond donors (Lipinski definition) is 2. The smallest absolute Gasteiger partial charge is 0.382 e. The molecule has 2 N–H and O–H groups in total. The lowest BCUT2D eigenvalue weighted by atomic mass is 9.92. The molecule has 7 nitrogen and oxygen atoms in total. The molecule has 212 valence electrons. The number of halogens is 4. The maximum Gasteiger partial charge on any atom is 0.417 e. The number of ether oxygens (including phenoxy) is 1. The van der Waals surface area contributed by atoms with E-state index in [1.807, 2.05) is 6.07 Å². The van der Waals surface area contributed by atoms with Gasteiger partial charge in [0.1, 0.15) is 13.3 Å². The van der Waals surface area contributed by atoms with E-state index < -0.39 is 24.0 Å². The molecule has 1 aliphatic carbocycles. The van der Waals surface area contributed by atoms with E-state index in [1.165, 1.54) is 12.1 Å². The van der Waals surface area contributed by atoms with Crippen LogP contribution < -0.4 is 10.6 Å². The molecule has 0 spiro atoms. The quantitative estimate of drug-likeness (QED) is 0.400. The Morgan fingerprint density at radius 3 is 2.05 bits per heavy atom. The van der Waals surface area contributed by atoms with Crippen LogP contribution in [0.15, 0.2) is 36.4 Å². The number of nitriles is 2. The number of nitrogens with zero attached hydrogens (tertiary/aromatic N) is 3. The number of piperidine rings is 1. The van der Waals surface area contributed by atoms with Crippen LogP contribution in [0.25, 0.3) is 0 Å². The predicted molar refractivity (Wildman–Crippen MR) is 141 cm³/mol. The Bertz CT molecular complexity index is 1270. The van der Waals surface area contributed by atoms with Gasteiger partial charge in [-0.1, -0.05) is 0 Å². The molecule has 2 aromatic carbocycles. The fourth-order valence-electron chi connectivity index (χ4n) is 5.27. The van der Waals surface area contributed by atoms with Gasteiger partial charge in [0.15, 0.2) is 0 Å². The van der Waals surface area contributed by atoms with E-state index >= 15 is 0 Å². The number of benzene rings is 2. The second-order valence-corrected chi connectivity index (χ2v) is 10.2. The van der Waals surface area contributed by atoms with Crippen LogP contribution >= 0.6 is 0 Å². The van der Waals surface area contributed by atoms with E-state index in [0.29, 0.717) is 55.6 Å². The van der Waals surface area contributed by atoms with Gasteiger partial charge in [-0.05, 0) is 74.9 Å². The first kappa shape index (κ1) is 29.2. The van der Waals surface area contributed by atoms with Crippen LogP contribution in [-0.4, -0.2) is 48.7 Å². The molecule has 1 saturated heterocycles. The molecule has 0 aromatic heterocycles. The van der Waals surface area contributed by atoms with Crippen molar-refractivity contribution < 1.29 is 27.1 Å². The van der Waals surface area contributed by atoms with Crippen molar-refractivity contribution in [3.05, 3.63) is 58.7 Å². The summed E-state index contributed by atoms with van der Waals surface area (Å²) in [6, 6.07) is 12.3. The Labute approximate surface area is 230 Å². The molecule has 2 aliphatic rings. The largest absolute Gasteiger partial charge is 0.417 e. The molecule has 40 heavy (non-hydrogen) atoms. The summed E-state index contributed by atoms with van der Waals surface area (Å²) >= 11 is 0. The zero-order chi connectivity index (χ0) is 28.7. The van der Waals surface area contributed by atoms with Gasteiger partial charge in [0.2, 0.25) is 5.91 Å². The van der Waals surface area contributed by atoms with Crippen molar-refractivity contribution in [3.63, 3.8) is 0 Å². The molecule has 0 radical (unpaired) electrons. The van der Waals surface area contributed by atoms with E-state index in [0.717, 1.165) is 24.6 Å². The first-order valence-corrected chi connectivity index (χ1v) is 13.3. The highest BCUT2D eigenvalue weighted by atomic mass is 19.4. The Hall–Kier alpha value is -3.83. The van der Waals surface area contributed by atoms with Crippen molar-refractivity contribution in [1.82, 2.24) is 4.90 Å². The van der Waals surface area contributed by atoms with Gasteiger partial charge >= 0.3 is 6.18 Å². The van der Waals surface area contributed by atoms with Crippen LogP contribution in [0.4, 0.5) is 28.9 Å². The van der Waals surface area contributed by atoms with Crippen LogP contribution in [0.5, 0.6) is 0 Å². The fourth-order valence-corrected chi connectivity index (χ4v) is 5.27. The highest BCUT2D eigenvalue weighted by molar-refractivity contribution is 5.77. The molecule has 1 heterocycles. The van der Waals surface area contributed by atoms with E-state index in [-0.39, 0.29) is 30.7 Å². The van der Waals surface area contributed by atoms with Crippen LogP contribution in [0.2, 0.25) is 0 Å². The molecule has 1 saturated carbocycles. The number of carbonyl (C=O) groups excluding carboxylic acids is 1. The van der Waals surface area contributed by atoms with Gasteiger partial charge in [-0.25, -0.2) is 4.39 Å². The van der Waals surface area contributed by atoms with Crippen molar-refractivity contribution in [2.75, 3.05) is 30.3 Å². The zero-order valence-electron chi connectivity index (χ0n) is 21.9. The molecule has 0 atom stereocenters. The first-order chi connectivity index (χ1) is 19.2. The maximum atomic E-state index is 13.2. The lowest BCUT2D eigenvalue weighted by Gasteiger charge is -2.34. The third-order valence-corrected chi connectivity index (χ3v) is 7.52. The average molecular weight is 558 g/mol. The number of alkyl halides is 4. The summed E-state index contributed by atoms with van der Waals surface area (Å²) in [5, 5.41) is 24.5. The lowest BCUT2D eigenvalue weighted by Crippen LogP contribution is -2.44. The number of hydrogen-bond acceptors (Lipinski definition) is 6. The number of amides is 1. The number of carbonyl (C=O) groups is 1. The molecule has 0 unspecified atom stereocenters. The molecule has 2 fully saturated rings. The Morgan fingerprint density at radius 2 is 1.48 bits per heavy atom. The van der Waals surface area contributed by atoms with Gasteiger partial charge in [-0.3, -0.25) is 4.79 Å². The maximum absolute atomic E-state index is 13.2. The topological polar surface area (TPSA) is 101 Å². The fraction of sp³-hybridized carbons (Fsp3) is 0.483. The molecule has 1 amide bonds. The van der Waals surface area contributed by atoms with Crippen molar-refractivity contribution in [2.24, 2.45) is 0 Å². The molecule has 4 rings (SSSR count). The van der Waals surface area contributed by atoms with Crippen LogP contribution in [-0.2, 0) is 22.4 Å². The standard InChI is InChI=1S/C29H31F4N5O2/c30-15-21-13-24(3-1-19(21)16-34)37-23-9-11-38(12-10-23)28(39)18-40-26-7-5-22(6-8-26)36-25-4-2-20(17-35)27(14-25)29(31,32)33/h1-4,13-14,22-23,26,36-37H,5-12,15,18H2. The van der Waals surface area contributed by atoms with Crippen molar-refractivity contribution >= 4 is 17.3 Å². The lowest BCUT2D eigenvalue weighted by molar-refractivity contribution is -0.140. The molecule has 1 aliphatic heterocycles. The van der Waals surface area contributed by atoms with Crippen LogP contribution in [0, 0.1) is 22.7 Å². The summed E-state index contributed by atoms with van der Waals surface area (Å²) in [6.45, 7) is 0.435. The third-order valence-electron chi connectivity index (χ3n) is 7.52. The summed E-state index contributed by atoms with van der Waals surface area (Å²) < 4.78 is 58.8. The van der Waals surface area contributed by atoms with Gasteiger partial charge in [-0.15, -0.1) is 0 Å². The molecule has 2 aromatic rings. The first-order valence-electron chi connectivity index (χ1n) is 13.3. The van der Waals surface area contributed by atoms with Crippen molar-refractivity contribution in [1.29, 1.82) is 10.5 Å². The van der Waals surface area contributed by atoms with Gasteiger partial charge in [0.25, 0.3) is 0 Å². The molecular formula is C29H31F4N5O2. The summed E-state index contributed by atoms with van der Waals surface area (Å²) in [4.78, 5) is 14.5. The molecular weight excluding hydrogens is 526 g/mol. The van der Waals surface area contributed by atoms with Crippen LogP contribution in [0.3, 0.4) is 0 Å². The van der Waals surface area contributed by atoms with E-state index in [9.17, 15) is 22.4 Å². The average Bonchev–Trinajstić information content (AvgIpc) is 2.96. The van der Waals surface area contributed by atoms with Gasteiger partial charge < -0.3 is 20.3 Å². The molecule has 11 heteroatoms. The second kappa shape index (κ2) is 13.0. The number of anilines is 2. The minimum Gasteiger partial charge on any atom is -0.382 e. The highest BCUT2D eigenvalue weighted by Gasteiger charge is 2.34. The predicted octanol–water partition coefficient (Wildman–Crippen LogP) is 5.76. The highest BCUT2D eigenvalue weighted by Crippen LogP contribution is 2.34. The Kier molecular flexibility index (Phi) is 9.49. The monoisotopic (exact) mass is 557 g/mol. The zero-order valence-corrected chi connectivity index (χ0v) is 21.9. The van der Waals surface area contributed by atoms with Crippen molar-refractivity contribution in [3.8, 4) is 12.1 Å².